The van der Waals surface area contributed by atoms with Gasteiger partial charge < -0.3 is 34.6 Å². The summed E-state index contributed by atoms with van der Waals surface area (Å²) >= 11 is 0. The Balaban J connectivity index is 2.19. The molecule has 1 amide bonds. The van der Waals surface area contributed by atoms with Crippen LogP contribution in [0, 0.1) is 5.92 Å². The van der Waals surface area contributed by atoms with Crippen molar-refractivity contribution in [1.82, 2.24) is 4.90 Å². The SMILES string of the molecule is C[C@@H]1[C@H](OC(C)(C)O)C(CO[PH](=O)O)O[C@H]1N1C=CCC(C(N)=O)=C1. The molecular weight excluding hydrogens is 351 g/mol. The van der Waals surface area contributed by atoms with Gasteiger partial charge in [0.15, 0.2) is 5.79 Å². The van der Waals surface area contributed by atoms with E-state index >= 15 is 0 Å². The van der Waals surface area contributed by atoms with Gasteiger partial charge in [0.1, 0.15) is 12.3 Å². The molecule has 0 saturated carbocycles. The summed E-state index contributed by atoms with van der Waals surface area (Å²) in [7, 11) is -3.12. The molecule has 2 heterocycles. The van der Waals surface area contributed by atoms with E-state index < -0.39 is 38.4 Å². The Labute approximate surface area is 147 Å². The summed E-state index contributed by atoms with van der Waals surface area (Å²) in [6.45, 7) is 4.70. The van der Waals surface area contributed by atoms with Crippen molar-refractivity contribution in [3.63, 3.8) is 0 Å². The molecule has 0 aliphatic carbocycles. The molecule has 2 unspecified atom stereocenters. The van der Waals surface area contributed by atoms with E-state index in [4.69, 9.17) is 24.6 Å². The maximum Gasteiger partial charge on any atom is 0.316 e. The molecule has 25 heavy (non-hydrogen) atoms. The maximum absolute atomic E-state index is 11.4. The Morgan fingerprint density at radius 3 is 2.80 bits per heavy atom. The molecule has 0 aromatic heterocycles. The zero-order valence-corrected chi connectivity index (χ0v) is 15.4. The van der Waals surface area contributed by atoms with E-state index in [9.17, 15) is 14.5 Å². The molecule has 2 aliphatic rings. The highest BCUT2D eigenvalue weighted by Crippen LogP contribution is 2.36. The van der Waals surface area contributed by atoms with Gasteiger partial charge in [0.2, 0.25) is 5.91 Å². The molecule has 0 spiro atoms. The molecule has 4 N–H and O–H groups in total. The van der Waals surface area contributed by atoms with Crippen LogP contribution in [0.4, 0.5) is 0 Å². The number of nitrogens with zero attached hydrogens (tertiary/aromatic N) is 1. The van der Waals surface area contributed by atoms with Gasteiger partial charge in [-0.25, -0.2) is 0 Å². The standard InChI is InChI=1S/C15H25N2O7P/c1-9-12(24-15(2,3)19)11(8-22-25(20)21)23-14(9)17-6-4-5-10(7-17)13(16)18/h4,6-7,9,11-12,14,19,25H,5,8H2,1-3H3,(H2,16,18)(H,20,21)/t9-,11?,12+,14-/m1/s1. The second-order valence-corrected chi connectivity index (χ2v) is 7.41. The smallest absolute Gasteiger partial charge is 0.316 e. The van der Waals surface area contributed by atoms with E-state index in [2.05, 4.69) is 0 Å². The third-order valence-electron chi connectivity index (χ3n) is 3.97. The summed E-state index contributed by atoms with van der Waals surface area (Å²) in [6.07, 6.45) is 3.87. The number of nitrogens with two attached hydrogens (primary N) is 1. The third kappa shape index (κ3) is 5.37. The number of allylic oxidation sites excluding steroid dienone is 1. The van der Waals surface area contributed by atoms with Gasteiger partial charge in [0, 0.05) is 23.9 Å². The van der Waals surface area contributed by atoms with Gasteiger partial charge in [-0.3, -0.25) is 9.36 Å². The van der Waals surface area contributed by atoms with E-state index in [0.29, 0.717) is 12.0 Å². The van der Waals surface area contributed by atoms with Crippen molar-refractivity contribution in [1.29, 1.82) is 0 Å². The predicted octanol–water partition coefficient (Wildman–Crippen LogP) is 0.448. The largest absolute Gasteiger partial charge is 0.366 e. The van der Waals surface area contributed by atoms with Crippen LogP contribution >= 0.6 is 8.25 Å². The Bertz CT molecular complexity index is 587. The molecule has 10 heteroatoms. The van der Waals surface area contributed by atoms with Gasteiger partial charge in [-0.2, -0.15) is 0 Å². The van der Waals surface area contributed by atoms with Crippen LogP contribution in [0.5, 0.6) is 0 Å². The minimum Gasteiger partial charge on any atom is -0.366 e. The minimum atomic E-state index is -3.12. The van der Waals surface area contributed by atoms with Crippen LogP contribution in [-0.2, 0) is 23.4 Å². The quantitative estimate of drug-likeness (QED) is 0.431. The fourth-order valence-electron chi connectivity index (χ4n) is 2.93. The fraction of sp³-hybridized carbons (Fsp3) is 0.667. The molecular formula is C15H25N2O7P. The number of amides is 1. The summed E-state index contributed by atoms with van der Waals surface area (Å²) in [6, 6.07) is 0. The average Bonchev–Trinajstić information content (AvgIpc) is 2.80. The first kappa shape index (κ1) is 20.1. The number of carbonyl (C=O) groups excluding carboxylic acids is 1. The fourth-order valence-corrected chi connectivity index (χ4v) is 3.23. The summed E-state index contributed by atoms with van der Waals surface area (Å²) < 4.78 is 27.3. The van der Waals surface area contributed by atoms with Gasteiger partial charge in [-0.05, 0) is 20.3 Å². The third-order valence-corrected chi connectivity index (χ3v) is 4.39. The maximum atomic E-state index is 11.4. The first-order chi connectivity index (χ1) is 11.6. The number of carbonyl (C=O) groups is 1. The van der Waals surface area contributed by atoms with Gasteiger partial charge in [-0.1, -0.05) is 13.0 Å². The van der Waals surface area contributed by atoms with Crippen LogP contribution in [0.2, 0.25) is 0 Å². The van der Waals surface area contributed by atoms with Crippen molar-refractivity contribution in [2.75, 3.05) is 6.61 Å². The lowest BCUT2D eigenvalue weighted by Gasteiger charge is -2.31. The zero-order chi connectivity index (χ0) is 18.8. The number of primary amides is 1. The highest BCUT2D eigenvalue weighted by Gasteiger charge is 2.47. The lowest BCUT2D eigenvalue weighted by Crippen LogP contribution is -2.40. The van der Waals surface area contributed by atoms with Crippen LogP contribution < -0.4 is 5.73 Å². The van der Waals surface area contributed by atoms with Crippen molar-refractivity contribution in [2.24, 2.45) is 11.7 Å². The van der Waals surface area contributed by atoms with E-state index in [1.165, 1.54) is 13.8 Å². The molecule has 1 fully saturated rings. The molecule has 1 saturated heterocycles. The Morgan fingerprint density at radius 1 is 1.56 bits per heavy atom. The summed E-state index contributed by atoms with van der Waals surface area (Å²) in [5.41, 5.74) is 5.78. The van der Waals surface area contributed by atoms with E-state index in [1.54, 1.807) is 23.4 Å². The molecule has 0 aromatic rings. The van der Waals surface area contributed by atoms with Gasteiger partial charge in [0.25, 0.3) is 0 Å². The average molecular weight is 376 g/mol. The highest BCUT2D eigenvalue weighted by atomic mass is 31.1. The molecule has 142 valence electrons. The van der Waals surface area contributed by atoms with Crippen LogP contribution in [0.25, 0.3) is 0 Å². The van der Waals surface area contributed by atoms with Crippen LogP contribution in [0.15, 0.2) is 24.0 Å². The number of aliphatic hydroxyl groups is 1. The summed E-state index contributed by atoms with van der Waals surface area (Å²) in [5.74, 6) is -2.15. The number of ether oxygens (including phenoxy) is 2. The Hall–Kier alpha value is -1.22. The number of rotatable bonds is 7. The van der Waals surface area contributed by atoms with Crippen LogP contribution in [0.1, 0.15) is 27.2 Å². The van der Waals surface area contributed by atoms with Crippen LogP contribution in [-0.4, -0.2) is 51.6 Å². The molecule has 5 atom stereocenters. The van der Waals surface area contributed by atoms with Crippen molar-refractivity contribution in [2.45, 2.75) is 51.4 Å². The van der Waals surface area contributed by atoms with Gasteiger partial charge >= 0.3 is 8.25 Å². The van der Waals surface area contributed by atoms with Crippen molar-refractivity contribution < 1.29 is 33.4 Å². The monoisotopic (exact) mass is 376 g/mol. The Kier molecular flexibility index (Phi) is 6.42. The summed E-state index contributed by atoms with van der Waals surface area (Å²) in [5, 5.41) is 9.98. The first-order valence-electron chi connectivity index (χ1n) is 7.94. The molecule has 2 rings (SSSR count). The van der Waals surface area contributed by atoms with Crippen LogP contribution in [0.3, 0.4) is 0 Å². The second-order valence-electron chi connectivity index (χ2n) is 6.59. The predicted molar refractivity (Wildman–Crippen MR) is 89.0 cm³/mol. The van der Waals surface area contributed by atoms with E-state index in [1.807, 2.05) is 6.92 Å². The minimum absolute atomic E-state index is 0.153. The van der Waals surface area contributed by atoms with Gasteiger partial charge in [-0.15, -0.1) is 0 Å². The van der Waals surface area contributed by atoms with E-state index in [0.717, 1.165) is 0 Å². The molecule has 2 aliphatic heterocycles. The molecule has 0 bridgehead atoms. The van der Waals surface area contributed by atoms with Crippen molar-refractivity contribution >= 4 is 14.2 Å². The Morgan fingerprint density at radius 2 is 2.24 bits per heavy atom. The molecule has 0 radical (unpaired) electrons. The van der Waals surface area contributed by atoms with Gasteiger partial charge in [0.05, 0.1) is 12.7 Å². The van der Waals surface area contributed by atoms with E-state index in [-0.39, 0.29) is 12.5 Å². The normalized spacial score (nSPS) is 31.1. The topological polar surface area (TPSA) is 132 Å². The number of hydrogen-bond acceptors (Lipinski definition) is 7. The zero-order valence-electron chi connectivity index (χ0n) is 14.4. The van der Waals surface area contributed by atoms with Crippen molar-refractivity contribution in [3.8, 4) is 0 Å². The number of hydrogen-bond donors (Lipinski definition) is 3. The highest BCUT2D eigenvalue weighted by molar-refractivity contribution is 7.32. The van der Waals surface area contributed by atoms with Crippen molar-refractivity contribution in [3.05, 3.63) is 24.0 Å². The first-order valence-corrected chi connectivity index (χ1v) is 9.21. The second kappa shape index (κ2) is 7.99. The molecule has 0 aromatic carbocycles. The lowest BCUT2D eigenvalue weighted by atomic mass is 10.0. The summed E-state index contributed by atoms with van der Waals surface area (Å²) in [4.78, 5) is 22.0. The lowest BCUT2D eigenvalue weighted by molar-refractivity contribution is -0.221. The molecule has 9 nitrogen and oxygen atoms in total.